The summed E-state index contributed by atoms with van der Waals surface area (Å²) < 4.78 is 5.68. The number of aromatic nitrogens is 2. The zero-order valence-corrected chi connectivity index (χ0v) is 12.2. The number of rotatable bonds is 7. The Morgan fingerprint density at radius 2 is 1.89 bits per heavy atom. The van der Waals surface area contributed by atoms with Gasteiger partial charge in [0, 0.05) is 25.4 Å². The van der Waals surface area contributed by atoms with E-state index in [0.717, 1.165) is 43.1 Å². The lowest BCUT2D eigenvalue weighted by Crippen LogP contribution is -2.30. The summed E-state index contributed by atoms with van der Waals surface area (Å²) in [5.74, 6) is 1.68. The van der Waals surface area contributed by atoms with Gasteiger partial charge in [-0.25, -0.2) is 9.97 Å². The number of ether oxygens (including phenoxy) is 1. The van der Waals surface area contributed by atoms with E-state index in [1.54, 1.807) is 7.11 Å². The van der Waals surface area contributed by atoms with E-state index in [1.807, 2.05) is 13.0 Å². The van der Waals surface area contributed by atoms with Crippen LogP contribution in [0.5, 0.6) is 0 Å². The number of hydrogen-bond acceptors (Lipinski definition) is 4. The maximum atomic E-state index is 5.68. The van der Waals surface area contributed by atoms with Crippen LogP contribution in [0.3, 0.4) is 0 Å². The van der Waals surface area contributed by atoms with E-state index in [0.29, 0.717) is 0 Å². The lowest BCUT2D eigenvalue weighted by molar-refractivity contribution is -0.0291. The largest absolute Gasteiger partial charge is 0.370 e. The van der Waals surface area contributed by atoms with E-state index in [1.165, 1.54) is 0 Å². The highest BCUT2D eigenvalue weighted by molar-refractivity contribution is 5.36. The second kappa shape index (κ2) is 6.69. The molecule has 4 nitrogen and oxygen atoms in total. The summed E-state index contributed by atoms with van der Waals surface area (Å²) in [6, 6.07) is 1.98. The van der Waals surface area contributed by atoms with Gasteiger partial charge in [0.05, 0.1) is 0 Å². The van der Waals surface area contributed by atoms with E-state index in [2.05, 4.69) is 36.1 Å². The number of nitrogens with zero attached hydrogens (tertiary/aromatic N) is 2. The van der Waals surface area contributed by atoms with Crippen molar-refractivity contribution in [3.8, 4) is 0 Å². The molecule has 1 aromatic heterocycles. The van der Waals surface area contributed by atoms with Crippen LogP contribution in [0.2, 0.25) is 0 Å². The van der Waals surface area contributed by atoms with Crippen LogP contribution in [0.15, 0.2) is 6.07 Å². The van der Waals surface area contributed by atoms with E-state index in [4.69, 9.17) is 4.74 Å². The van der Waals surface area contributed by atoms with Crippen molar-refractivity contribution in [3.63, 3.8) is 0 Å². The van der Waals surface area contributed by atoms with Crippen molar-refractivity contribution < 1.29 is 4.74 Å². The van der Waals surface area contributed by atoms with Crippen molar-refractivity contribution in [2.45, 2.75) is 52.6 Å². The fourth-order valence-corrected chi connectivity index (χ4v) is 2.06. The number of hydrogen-bond donors (Lipinski definition) is 1. The molecule has 0 atom stereocenters. The van der Waals surface area contributed by atoms with Crippen LogP contribution in [0, 0.1) is 6.92 Å². The molecular formula is C14H25N3O. The van der Waals surface area contributed by atoms with Crippen LogP contribution in [0.1, 0.15) is 51.6 Å². The van der Waals surface area contributed by atoms with Gasteiger partial charge in [-0.3, -0.25) is 0 Å². The Morgan fingerprint density at radius 1 is 1.22 bits per heavy atom. The number of anilines is 1. The van der Waals surface area contributed by atoms with Gasteiger partial charge in [-0.05, 0) is 26.2 Å². The van der Waals surface area contributed by atoms with Crippen LogP contribution in [0.25, 0.3) is 0 Å². The molecule has 0 saturated carbocycles. The maximum absolute atomic E-state index is 5.68. The molecular weight excluding hydrogens is 226 g/mol. The van der Waals surface area contributed by atoms with E-state index in [9.17, 15) is 0 Å². The number of nitrogens with one attached hydrogen (secondary N) is 1. The van der Waals surface area contributed by atoms with Gasteiger partial charge in [0.1, 0.15) is 11.4 Å². The normalized spacial score (nSPS) is 11.6. The van der Waals surface area contributed by atoms with Crippen molar-refractivity contribution in [2.75, 3.05) is 19.0 Å². The standard InChI is InChI=1S/C14H25N3O/c1-6-9-15-12-10-11(4)16-13(17-12)14(7-2,8-3)18-5/h10H,6-9H2,1-5H3,(H,15,16,17). The second-order valence-electron chi connectivity index (χ2n) is 4.55. The monoisotopic (exact) mass is 251 g/mol. The minimum Gasteiger partial charge on any atom is -0.370 e. The van der Waals surface area contributed by atoms with Crippen molar-refractivity contribution >= 4 is 5.82 Å². The summed E-state index contributed by atoms with van der Waals surface area (Å²) in [4.78, 5) is 9.16. The lowest BCUT2D eigenvalue weighted by Gasteiger charge is -2.29. The Morgan fingerprint density at radius 3 is 2.39 bits per heavy atom. The SMILES string of the molecule is CCCNc1cc(C)nc(C(CC)(CC)OC)n1. The van der Waals surface area contributed by atoms with Crippen molar-refractivity contribution in [3.05, 3.63) is 17.6 Å². The van der Waals surface area contributed by atoms with Gasteiger partial charge in [0.2, 0.25) is 0 Å². The van der Waals surface area contributed by atoms with Gasteiger partial charge in [-0.15, -0.1) is 0 Å². The third kappa shape index (κ3) is 3.19. The number of aryl methyl sites for hydroxylation is 1. The highest BCUT2D eigenvalue weighted by Gasteiger charge is 2.31. The molecule has 1 N–H and O–H groups in total. The van der Waals surface area contributed by atoms with Crippen LogP contribution in [0.4, 0.5) is 5.82 Å². The smallest absolute Gasteiger partial charge is 0.162 e. The van der Waals surface area contributed by atoms with Crippen molar-refractivity contribution in [1.82, 2.24) is 9.97 Å². The Labute approximate surface area is 110 Å². The summed E-state index contributed by atoms with van der Waals surface area (Å²) in [5.41, 5.74) is 0.608. The highest BCUT2D eigenvalue weighted by atomic mass is 16.5. The Balaban J connectivity index is 3.10. The predicted octanol–water partition coefficient (Wildman–Crippen LogP) is 3.27. The Bertz CT molecular complexity index is 367. The van der Waals surface area contributed by atoms with Crippen molar-refractivity contribution in [1.29, 1.82) is 0 Å². The van der Waals surface area contributed by atoms with Crippen molar-refractivity contribution in [2.24, 2.45) is 0 Å². The average molecular weight is 251 g/mol. The Kier molecular flexibility index (Phi) is 5.54. The molecule has 0 radical (unpaired) electrons. The first-order valence-corrected chi connectivity index (χ1v) is 6.77. The molecule has 0 unspecified atom stereocenters. The van der Waals surface area contributed by atoms with Gasteiger partial charge < -0.3 is 10.1 Å². The van der Waals surface area contributed by atoms with Crippen LogP contribution >= 0.6 is 0 Å². The summed E-state index contributed by atoms with van der Waals surface area (Å²) >= 11 is 0. The summed E-state index contributed by atoms with van der Waals surface area (Å²) in [7, 11) is 1.73. The van der Waals surface area contributed by atoms with Gasteiger partial charge in [0.15, 0.2) is 5.82 Å². The van der Waals surface area contributed by atoms with E-state index in [-0.39, 0.29) is 5.60 Å². The minimum absolute atomic E-state index is 0.366. The zero-order chi connectivity index (χ0) is 13.6. The van der Waals surface area contributed by atoms with Gasteiger partial charge >= 0.3 is 0 Å². The molecule has 4 heteroatoms. The minimum atomic E-state index is -0.366. The maximum Gasteiger partial charge on any atom is 0.162 e. The van der Waals surface area contributed by atoms with Gasteiger partial charge in [-0.1, -0.05) is 20.8 Å². The van der Waals surface area contributed by atoms with Gasteiger partial charge in [0.25, 0.3) is 0 Å². The van der Waals surface area contributed by atoms with Gasteiger partial charge in [-0.2, -0.15) is 0 Å². The third-order valence-corrected chi connectivity index (χ3v) is 3.35. The first-order chi connectivity index (χ1) is 8.61. The average Bonchev–Trinajstić information content (AvgIpc) is 2.39. The molecule has 0 aliphatic carbocycles. The fraction of sp³-hybridized carbons (Fsp3) is 0.714. The first-order valence-electron chi connectivity index (χ1n) is 6.77. The van der Waals surface area contributed by atoms with Crippen LogP contribution in [-0.4, -0.2) is 23.6 Å². The molecule has 0 saturated heterocycles. The van der Waals surface area contributed by atoms with E-state index < -0.39 is 0 Å². The Hall–Kier alpha value is -1.16. The zero-order valence-electron chi connectivity index (χ0n) is 12.2. The van der Waals surface area contributed by atoms with Crippen LogP contribution in [-0.2, 0) is 10.3 Å². The summed E-state index contributed by atoms with van der Waals surface area (Å²) in [6.45, 7) is 9.28. The summed E-state index contributed by atoms with van der Waals surface area (Å²) in [6.07, 6.45) is 2.82. The number of methoxy groups -OCH3 is 1. The molecule has 0 spiro atoms. The molecule has 0 aliphatic rings. The van der Waals surface area contributed by atoms with Crippen LogP contribution < -0.4 is 5.32 Å². The molecule has 0 amide bonds. The summed E-state index contributed by atoms with van der Waals surface area (Å²) in [5, 5.41) is 3.31. The molecule has 0 aliphatic heterocycles. The topological polar surface area (TPSA) is 47.0 Å². The predicted molar refractivity (Wildman–Crippen MR) is 74.8 cm³/mol. The quantitative estimate of drug-likeness (QED) is 0.808. The third-order valence-electron chi connectivity index (χ3n) is 3.35. The highest BCUT2D eigenvalue weighted by Crippen LogP contribution is 2.30. The molecule has 102 valence electrons. The second-order valence-corrected chi connectivity index (χ2v) is 4.55. The molecule has 0 fully saturated rings. The molecule has 0 bridgehead atoms. The lowest BCUT2D eigenvalue weighted by atomic mass is 9.96. The molecule has 1 rings (SSSR count). The first kappa shape index (κ1) is 14.9. The molecule has 0 aromatic carbocycles. The molecule has 1 aromatic rings. The van der Waals surface area contributed by atoms with E-state index >= 15 is 0 Å². The molecule has 1 heterocycles. The fourth-order valence-electron chi connectivity index (χ4n) is 2.06. The molecule has 18 heavy (non-hydrogen) atoms.